The molecule has 0 aliphatic rings. The monoisotopic (exact) mass is 192 g/mol. The van der Waals surface area contributed by atoms with Gasteiger partial charge in [0.2, 0.25) is 0 Å². The van der Waals surface area contributed by atoms with Gasteiger partial charge in [-0.15, -0.1) is 12.4 Å². The van der Waals surface area contributed by atoms with Crippen LogP contribution in [0.25, 0.3) is 0 Å². The summed E-state index contributed by atoms with van der Waals surface area (Å²) in [6.07, 6.45) is 1.60. The first-order valence-corrected chi connectivity index (χ1v) is 3.45. The summed E-state index contributed by atoms with van der Waals surface area (Å²) in [6.45, 7) is 1.89. The normalized spacial score (nSPS) is 11.9. The zero-order valence-electron chi connectivity index (χ0n) is 6.12. The number of hydrogen-bond acceptors (Lipinski definition) is 2. The lowest BCUT2D eigenvalue weighted by molar-refractivity contribution is 0.781. The second-order valence-electron chi connectivity index (χ2n) is 2.19. The first-order chi connectivity index (χ1) is 4.70. The predicted octanol–water partition coefficient (Wildman–Crippen LogP) is 2.18. The number of aromatic nitrogens is 1. The van der Waals surface area contributed by atoms with Crippen molar-refractivity contribution in [3.63, 3.8) is 0 Å². The van der Waals surface area contributed by atoms with Gasteiger partial charge in [-0.05, 0) is 19.1 Å². The van der Waals surface area contributed by atoms with Gasteiger partial charge in [0, 0.05) is 12.2 Å². The molecule has 0 aromatic carbocycles. The molecule has 0 saturated carbocycles. The van der Waals surface area contributed by atoms with Crippen LogP contribution < -0.4 is 5.73 Å². The fraction of sp³-hybridized carbons (Fsp3) is 0.286. The minimum absolute atomic E-state index is 0. The fourth-order valence-corrected chi connectivity index (χ4v) is 0.768. The molecule has 0 spiro atoms. The molecule has 0 aliphatic heterocycles. The van der Waals surface area contributed by atoms with Crippen molar-refractivity contribution in [2.45, 2.75) is 13.0 Å². The van der Waals surface area contributed by atoms with Gasteiger partial charge in [0.1, 0.15) is 0 Å². The van der Waals surface area contributed by atoms with E-state index in [-0.39, 0.29) is 18.4 Å². The summed E-state index contributed by atoms with van der Waals surface area (Å²) in [5, 5.41) is 0.643. The summed E-state index contributed by atoms with van der Waals surface area (Å²) >= 11 is 5.61. The lowest BCUT2D eigenvalue weighted by Gasteiger charge is -2.02. The van der Waals surface area contributed by atoms with Crippen molar-refractivity contribution in [3.05, 3.63) is 29.0 Å². The molecule has 2 nitrogen and oxygen atoms in total. The molecule has 11 heavy (non-hydrogen) atoms. The average Bonchev–Trinajstić information content (AvgIpc) is 1.88. The molecule has 2 N–H and O–H groups in total. The van der Waals surface area contributed by atoms with Gasteiger partial charge >= 0.3 is 0 Å². The van der Waals surface area contributed by atoms with Gasteiger partial charge in [-0.25, -0.2) is 0 Å². The van der Waals surface area contributed by atoms with Crippen molar-refractivity contribution in [1.29, 1.82) is 0 Å². The third-order valence-electron chi connectivity index (χ3n) is 1.22. The zero-order chi connectivity index (χ0) is 7.56. The number of nitrogens with two attached hydrogens (primary N) is 1. The highest BCUT2D eigenvalue weighted by Crippen LogP contribution is 2.09. The summed E-state index contributed by atoms with van der Waals surface area (Å²) in [5.41, 5.74) is 6.42. The van der Waals surface area contributed by atoms with Crippen molar-refractivity contribution in [3.8, 4) is 0 Å². The molecule has 0 saturated heterocycles. The predicted molar refractivity (Wildman–Crippen MR) is 49.1 cm³/mol. The van der Waals surface area contributed by atoms with E-state index in [1.807, 2.05) is 13.0 Å². The minimum Gasteiger partial charge on any atom is -0.323 e. The third kappa shape index (κ3) is 3.06. The van der Waals surface area contributed by atoms with E-state index in [1.54, 1.807) is 12.3 Å². The van der Waals surface area contributed by atoms with E-state index >= 15 is 0 Å². The summed E-state index contributed by atoms with van der Waals surface area (Å²) < 4.78 is 0. The standard InChI is InChI=1S/C7H9ClN2.ClH/c1-5(9)7-3-2-6(8)4-10-7;/h2-5H,9H2,1H3;1H. The van der Waals surface area contributed by atoms with E-state index in [1.165, 1.54) is 0 Å². The van der Waals surface area contributed by atoms with Crippen LogP contribution >= 0.6 is 24.0 Å². The number of hydrogen-bond donors (Lipinski definition) is 1. The summed E-state index contributed by atoms with van der Waals surface area (Å²) in [4.78, 5) is 4.02. The first kappa shape index (κ1) is 10.7. The lowest BCUT2D eigenvalue weighted by atomic mass is 10.2. The average molecular weight is 193 g/mol. The molecule has 0 amide bonds. The third-order valence-corrected chi connectivity index (χ3v) is 1.44. The van der Waals surface area contributed by atoms with E-state index < -0.39 is 0 Å². The maximum Gasteiger partial charge on any atom is 0.0589 e. The molecule has 0 fully saturated rings. The van der Waals surface area contributed by atoms with E-state index in [2.05, 4.69) is 4.98 Å². The SMILES string of the molecule is CC(N)c1ccc(Cl)cn1.Cl. The summed E-state index contributed by atoms with van der Waals surface area (Å²) in [7, 11) is 0. The fourth-order valence-electron chi connectivity index (χ4n) is 0.657. The quantitative estimate of drug-likeness (QED) is 0.742. The van der Waals surface area contributed by atoms with Crippen molar-refractivity contribution in [2.75, 3.05) is 0 Å². The van der Waals surface area contributed by atoms with E-state index in [9.17, 15) is 0 Å². The number of pyridine rings is 1. The van der Waals surface area contributed by atoms with Crippen LogP contribution in [0.3, 0.4) is 0 Å². The molecule has 1 atom stereocenters. The second-order valence-corrected chi connectivity index (χ2v) is 2.63. The molecule has 1 aromatic rings. The summed E-state index contributed by atoms with van der Waals surface area (Å²) in [6, 6.07) is 3.59. The summed E-state index contributed by atoms with van der Waals surface area (Å²) in [5.74, 6) is 0. The van der Waals surface area contributed by atoms with Gasteiger partial charge in [0.15, 0.2) is 0 Å². The molecule has 1 aromatic heterocycles. The van der Waals surface area contributed by atoms with Crippen LogP contribution in [-0.2, 0) is 0 Å². The Kier molecular flexibility index (Phi) is 4.42. The lowest BCUT2D eigenvalue weighted by Crippen LogP contribution is -2.06. The van der Waals surface area contributed by atoms with Crippen molar-refractivity contribution in [2.24, 2.45) is 5.73 Å². The Morgan fingerprint density at radius 2 is 2.18 bits per heavy atom. The Balaban J connectivity index is 0.000001000. The van der Waals surface area contributed by atoms with Crippen LogP contribution in [0.1, 0.15) is 18.7 Å². The van der Waals surface area contributed by atoms with Gasteiger partial charge < -0.3 is 5.73 Å². The van der Waals surface area contributed by atoms with Gasteiger partial charge in [-0.3, -0.25) is 4.98 Å². The Bertz CT molecular complexity index is 208. The molecule has 62 valence electrons. The van der Waals surface area contributed by atoms with Gasteiger partial charge in [0.25, 0.3) is 0 Å². The van der Waals surface area contributed by atoms with Gasteiger partial charge in [-0.2, -0.15) is 0 Å². The van der Waals surface area contributed by atoms with Crippen molar-refractivity contribution < 1.29 is 0 Å². The highest BCUT2D eigenvalue weighted by molar-refractivity contribution is 6.30. The highest BCUT2D eigenvalue weighted by atomic mass is 35.5. The van der Waals surface area contributed by atoms with Gasteiger partial charge in [0.05, 0.1) is 10.7 Å². The number of halogens is 2. The molecule has 0 bridgehead atoms. The smallest absolute Gasteiger partial charge is 0.0589 e. The van der Waals surface area contributed by atoms with Crippen LogP contribution in [-0.4, -0.2) is 4.98 Å². The van der Waals surface area contributed by atoms with Crippen LogP contribution in [0.15, 0.2) is 18.3 Å². The zero-order valence-corrected chi connectivity index (χ0v) is 7.69. The highest BCUT2D eigenvalue weighted by Gasteiger charge is 1.98. The second kappa shape index (κ2) is 4.54. The maximum atomic E-state index is 5.61. The Morgan fingerprint density at radius 3 is 2.55 bits per heavy atom. The van der Waals surface area contributed by atoms with Crippen LogP contribution in [0.5, 0.6) is 0 Å². The number of nitrogens with zero attached hydrogens (tertiary/aromatic N) is 1. The number of rotatable bonds is 1. The largest absolute Gasteiger partial charge is 0.323 e. The van der Waals surface area contributed by atoms with Crippen LogP contribution in [0.4, 0.5) is 0 Å². The Hall–Kier alpha value is -0.310. The van der Waals surface area contributed by atoms with E-state index in [4.69, 9.17) is 17.3 Å². The molecule has 0 aliphatic carbocycles. The topological polar surface area (TPSA) is 38.9 Å². The molecular formula is C7H10Cl2N2. The van der Waals surface area contributed by atoms with Crippen LogP contribution in [0, 0.1) is 0 Å². The molecular weight excluding hydrogens is 183 g/mol. The van der Waals surface area contributed by atoms with E-state index in [0.29, 0.717) is 5.02 Å². The Labute approximate surface area is 77.2 Å². The Morgan fingerprint density at radius 1 is 1.55 bits per heavy atom. The van der Waals surface area contributed by atoms with Gasteiger partial charge in [-0.1, -0.05) is 11.6 Å². The molecule has 0 radical (unpaired) electrons. The molecule has 1 rings (SSSR count). The molecule has 1 unspecified atom stereocenters. The maximum absolute atomic E-state index is 5.61. The molecule has 1 heterocycles. The van der Waals surface area contributed by atoms with Crippen LogP contribution in [0.2, 0.25) is 5.02 Å². The van der Waals surface area contributed by atoms with Crippen molar-refractivity contribution in [1.82, 2.24) is 4.98 Å². The first-order valence-electron chi connectivity index (χ1n) is 3.07. The van der Waals surface area contributed by atoms with E-state index in [0.717, 1.165) is 5.69 Å². The molecule has 4 heteroatoms. The minimum atomic E-state index is -0.0164. The van der Waals surface area contributed by atoms with Crippen molar-refractivity contribution >= 4 is 24.0 Å².